The molecular formula is C20H22BrN3O3S2. The van der Waals surface area contributed by atoms with Crippen LogP contribution in [0.1, 0.15) is 23.5 Å². The lowest BCUT2D eigenvalue weighted by Gasteiger charge is -2.24. The molecule has 29 heavy (non-hydrogen) atoms. The van der Waals surface area contributed by atoms with Crippen molar-refractivity contribution in [3.8, 4) is 11.5 Å². The SMILES string of the molecule is CCN(CC)CCN(C(=O)c1ccc(Br)s1)c1nc2cc3c(cc2s1)OCCO3. The van der Waals surface area contributed by atoms with Gasteiger partial charge in [-0.05, 0) is 41.2 Å². The van der Waals surface area contributed by atoms with Gasteiger partial charge in [0.15, 0.2) is 16.6 Å². The smallest absolute Gasteiger partial charge is 0.270 e. The zero-order valence-corrected chi connectivity index (χ0v) is 19.5. The predicted molar refractivity (Wildman–Crippen MR) is 122 cm³/mol. The number of ether oxygens (including phenoxy) is 2. The first-order chi connectivity index (χ1) is 14.1. The Hall–Kier alpha value is -1.68. The second kappa shape index (κ2) is 8.99. The third-order valence-corrected chi connectivity index (χ3v) is 7.49. The lowest BCUT2D eigenvalue weighted by atomic mass is 10.3. The van der Waals surface area contributed by atoms with E-state index >= 15 is 0 Å². The average molecular weight is 496 g/mol. The standard InChI is InChI=1S/C20H22BrN3O3S2/c1-3-23(4-2)7-8-24(19(25)16-5-6-18(21)28-16)20-22-13-11-14-15(12-17(13)29-20)27-10-9-26-14/h5-6,11-12H,3-4,7-10H2,1-2H3. The fraction of sp³-hybridized carbons (Fsp3) is 0.400. The van der Waals surface area contributed by atoms with Crippen LogP contribution in [-0.4, -0.2) is 55.2 Å². The van der Waals surface area contributed by atoms with E-state index in [0.29, 0.717) is 35.5 Å². The molecule has 9 heteroatoms. The molecule has 3 heterocycles. The van der Waals surface area contributed by atoms with Crippen molar-refractivity contribution in [3.63, 3.8) is 0 Å². The lowest BCUT2D eigenvalue weighted by molar-refractivity contribution is 0.0987. The first kappa shape index (κ1) is 20.6. The summed E-state index contributed by atoms with van der Waals surface area (Å²) >= 11 is 6.40. The summed E-state index contributed by atoms with van der Waals surface area (Å²) in [5, 5.41) is 0.698. The van der Waals surface area contributed by atoms with Gasteiger partial charge in [0.2, 0.25) is 0 Å². The van der Waals surface area contributed by atoms with Crippen molar-refractivity contribution in [2.24, 2.45) is 0 Å². The van der Waals surface area contributed by atoms with E-state index in [4.69, 9.17) is 14.5 Å². The van der Waals surface area contributed by atoms with Gasteiger partial charge in [0.25, 0.3) is 5.91 Å². The van der Waals surface area contributed by atoms with E-state index in [1.165, 1.54) is 22.7 Å². The Morgan fingerprint density at radius 2 is 1.83 bits per heavy atom. The molecule has 1 aliphatic heterocycles. The Bertz CT molecular complexity index is 973. The highest BCUT2D eigenvalue weighted by molar-refractivity contribution is 9.11. The molecule has 0 N–H and O–H groups in total. The van der Waals surface area contributed by atoms with Crippen LogP contribution in [0.3, 0.4) is 0 Å². The maximum absolute atomic E-state index is 13.3. The van der Waals surface area contributed by atoms with Gasteiger partial charge >= 0.3 is 0 Å². The number of nitrogens with zero attached hydrogens (tertiary/aromatic N) is 3. The summed E-state index contributed by atoms with van der Waals surface area (Å²) in [5.74, 6) is 1.43. The average Bonchev–Trinajstić information content (AvgIpc) is 3.34. The van der Waals surface area contributed by atoms with E-state index < -0.39 is 0 Å². The topological polar surface area (TPSA) is 54.9 Å². The Kier molecular flexibility index (Phi) is 6.38. The number of rotatable bonds is 7. The molecule has 0 bridgehead atoms. The molecule has 0 unspecified atom stereocenters. The number of hydrogen-bond acceptors (Lipinski definition) is 7. The molecule has 0 radical (unpaired) electrons. The minimum atomic E-state index is -0.0239. The van der Waals surface area contributed by atoms with Gasteiger partial charge < -0.3 is 14.4 Å². The summed E-state index contributed by atoms with van der Waals surface area (Å²) in [5.41, 5.74) is 0.822. The van der Waals surface area contributed by atoms with E-state index in [0.717, 1.165) is 39.4 Å². The van der Waals surface area contributed by atoms with Crippen LogP contribution in [0.25, 0.3) is 10.2 Å². The zero-order chi connectivity index (χ0) is 20.4. The fourth-order valence-corrected chi connectivity index (χ4v) is 5.53. The van der Waals surface area contributed by atoms with Crippen LogP contribution < -0.4 is 14.4 Å². The van der Waals surface area contributed by atoms with Crippen LogP contribution in [0.5, 0.6) is 11.5 Å². The highest BCUT2D eigenvalue weighted by Gasteiger charge is 2.24. The van der Waals surface area contributed by atoms with Crippen molar-refractivity contribution >= 4 is 59.9 Å². The zero-order valence-electron chi connectivity index (χ0n) is 16.3. The number of aromatic nitrogens is 1. The third-order valence-electron chi connectivity index (χ3n) is 4.84. The summed E-state index contributed by atoms with van der Waals surface area (Å²) in [6, 6.07) is 7.62. The van der Waals surface area contributed by atoms with Gasteiger partial charge in [-0.3, -0.25) is 9.69 Å². The van der Waals surface area contributed by atoms with Crippen LogP contribution >= 0.6 is 38.6 Å². The second-order valence-corrected chi connectivity index (χ2v) is 10.0. The molecule has 4 rings (SSSR count). The van der Waals surface area contributed by atoms with Crippen molar-refractivity contribution in [2.45, 2.75) is 13.8 Å². The Labute approximate surface area is 186 Å². The molecule has 154 valence electrons. The minimum absolute atomic E-state index is 0.0239. The number of fused-ring (bicyclic) bond motifs is 2. The molecule has 6 nitrogen and oxygen atoms in total. The summed E-state index contributed by atoms with van der Waals surface area (Å²) in [4.78, 5) is 22.9. The molecule has 2 aromatic heterocycles. The fourth-order valence-electron chi connectivity index (χ4n) is 3.20. The first-order valence-corrected chi connectivity index (χ1v) is 12.0. The molecule has 1 amide bonds. The van der Waals surface area contributed by atoms with Gasteiger partial charge in [0.1, 0.15) is 13.2 Å². The van der Waals surface area contributed by atoms with E-state index in [-0.39, 0.29) is 5.91 Å². The summed E-state index contributed by atoms with van der Waals surface area (Å²) in [6.45, 7) is 8.63. The number of thiophene rings is 1. The number of halogens is 1. The van der Waals surface area contributed by atoms with Crippen LogP contribution in [0, 0.1) is 0 Å². The van der Waals surface area contributed by atoms with Gasteiger partial charge in [-0.2, -0.15) is 0 Å². The molecular weight excluding hydrogens is 474 g/mol. The predicted octanol–water partition coefficient (Wildman–Crippen LogP) is 4.88. The Balaban J connectivity index is 1.68. The number of amides is 1. The van der Waals surface area contributed by atoms with Gasteiger partial charge in [-0.25, -0.2) is 4.98 Å². The first-order valence-electron chi connectivity index (χ1n) is 9.58. The summed E-state index contributed by atoms with van der Waals surface area (Å²) < 4.78 is 13.3. The van der Waals surface area contributed by atoms with Crippen LogP contribution in [-0.2, 0) is 0 Å². The Morgan fingerprint density at radius 3 is 2.48 bits per heavy atom. The van der Waals surface area contributed by atoms with E-state index in [2.05, 4.69) is 34.7 Å². The van der Waals surface area contributed by atoms with Crippen molar-refractivity contribution < 1.29 is 14.3 Å². The van der Waals surface area contributed by atoms with Crippen molar-refractivity contribution in [1.82, 2.24) is 9.88 Å². The molecule has 0 fully saturated rings. The van der Waals surface area contributed by atoms with Gasteiger partial charge in [0.05, 0.1) is 18.9 Å². The quantitative estimate of drug-likeness (QED) is 0.467. The highest BCUT2D eigenvalue weighted by Crippen LogP contribution is 2.39. The molecule has 1 aromatic carbocycles. The maximum atomic E-state index is 13.3. The van der Waals surface area contributed by atoms with E-state index in [1.807, 2.05) is 24.3 Å². The van der Waals surface area contributed by atoms with Crippen molar-refractivity contribution in [2.75, 3.05) is 44.3 Å². The van der Waals surface area contributed by atoms with Crippen molar-refractivity contribution in [3.05, 3.63) is 32.9 Å². The molecule has 0 spiro atoms. The van der Waals surface area contributed by atoms with Crippen LogP contribution in [0.15, 0.2) is 28.1 Å². The third kappa shape index (κ3) is 4.42. The molecule has 0 aliphatic carbocycles. The van der Waals surface area contributed by atoms with Gasteiger partial charge in [0, 0.05) is 25.2 Å². The van der Waals surface area contributed by atoms with Gasteiger partial charge in [-0.15, -0.1) is 11.3 Å². The normalized spacial score (nSPS) is 13.2. The van der Waals surface area contributed by atoms with Crippen molar-refractivity contribution in [1.29, 1.82) is 0 Å². The highest BCUT2D eigenvalue weighted by atomic mass is 79.9. The largest absolute Gasteiger partial charge is 0.486 e. The van der Waals surface area contributed by atoms with Gasteiger partial charge in [-0.1, -0.05) is 25.2 Å². The number of hydrogen-bond donors (Lipinski definition) is 0. The number of likely N-dealkylation sites (N-methyl/N-ethyl adjacent to an activating group) is 1. The van der Waals surface area contributed by atoms with Crippen LogP contribution in [0.4, 0.5) is 5.13 Å². The molecule has 0 saturated heterocycles. The maximum Gasteiger partial charge on any atom is 0.270 e. The number of carbonyl (C=O) groups excluding carboxylic acids is 1. The number of benzene rings is 1. The number of carbonyl (C=O) groups is 1. The number of thiazole rings is 1. The Morgan fingerprint density at radius 1 is 1.10 bits per heavy atom. The summed E-state index contributed by atoms with van der Waals surface area (Å²) in [7, 11) is 0. The monoisotopic (exact) mass is 495 g/mol. The molecule has 0 saturated carbocycles. The molecule has 0 atom stereocenters. The number of anilines is 1. The second-order valence-electron chi connectivity index (χ2n) is 6.55. The summed E-state index contributed by atoms with van der Waals surface area (Å²) in [6.07, 6.45) is 0. The minimum Gasteiger partial charge on any atom is -0.486 e. The van der Waals surface area contributed by atoms with E-state index in [1.54, 1.807) is 4.90 Å². The van der Waals surface area contributed by atoms with E-state index in [9.17, 15) is 4.79 Å². The molecule has 1 aliphatic rings. The van der Waals surface area contributed by atoms with Crippen LogP contribution in [0.2, 0.25) is 0 Å². The lowest BCUT2D eigenvalue weighted by Crippen LogP contribution is -2.38. The molecule has 3 aromatic rings.